The number of Topliss-reactive ketones (excluding diaryl/α,β-unsaturated/α-hetero) is 1. The first kappa shape index (κ1) is 13.6. The molecule has 0 N–H and O–H groups in total. The van der Waals surface area contributed by atoms with Crippen molar-refractivity contribution in [2.24, 2.45) is 0 Å². The van der Waals surface area contributed by atoms with Gasteiger partial charge in [0.05, 0.1) is 18.2 Å². The van der Waals surface area contributed by atoms with E-state index in [1.165, 1.54) is 7.11 Å². The van der Waals surface area contributed by atoms with Crippen LogP contribution in [0.5, 0.6) is 5.75 Å². The van der Waals surface area contributed by atoms with Crippen LogP contribution in [-0.2, 0) is 16.1 Å². The second-order valence-corrected chi connectivity index (χ2v) is 4.77. The minimum Gasteiger partial charge on any atom is -0.490 e. The number of carbonyl (C=O) groups is 1. The van der Waals surface area contributed by atoms with E-state index in [0.29, 0.717) is 6.54 Å². The van der Waals surface area contributed by atoms with Gasteiger partial charge in [-0.05, 0) is 32.0 Å². The number of hydrogen-bond acceptors (Lipinski definition) is 3. The zero-order chi connectivity index (χ0) is 13.8. The highest BCUT2D eigenvalue weighted by atomic mass is 16.5. The van der Waals surface area contributed by atoms with Crippen LogP contribution >= 0.6 is 0 Å². The molecule has 0 aliphatic heterocycles. The molecule has 0 saturated carbocycles. The highest BCUT2D eigenvalue weighted by Crippen LogP contribution is 2.27. The normalized spacial score (nSPS) is 11.2. The SMILES string of the molecule is COCC(=O)Cn1ccc2c(OC(C)C)cccc21. The van der Waals surface area contributed by atoms with Gasteiger partial charge in [0.25, 0.3) is 0 Å². The second-order valence-electron chi connectivity index (χ2n) is 4.77. The zero-order valence-corrected chi connectivity index (χ0v) is 11.6. The van der Waals surface area contributed by atoms with Crippen molar-refractivity contribution in [2.45, 2.75) is 26.5 Å². The standard InChI is InChI=1S/C15H19NO3/c1-11(2)19-15-6-4-5-14-13(15)7-8-16(14)9-12(17)10-18-3/h4-8,11H,9-10H2,1-3H3. The second kappa shape index (κ2) is 5.89. The van der Waals surface area contributed by atoms with Gasteiger partial charge in [0, 0.05) is 18.7 Å². The average Bonchev–Trinajstić information content (AvgIpc) is 2.73. The maximum atomic E-state index is 11.6. The van der Waals surface area contributed by atoms with E-state index in [2.05, 4.69) is 0 Å². The van der Waals surface area contributed by atoms with Crippen molar-refractivity contribution in [3.8, 4) is 5.75 Å². The van der Waals surface area contributed by atoms with Crippen molar-refractivity contribution in [1.82, 2.24) is 4.57 Å². The fourth-order valence-corrected chi connectivity index (χ4v) is 2.09. The number of methoxy groups -OCH3 is 1. The van der Waals surface area contributed by atoms with Gasteiger partial charge >= 0.3 is 0 Å². The number of nitrogens with zero attached hydrogens (tertiary/aromatic N) is 1. The van der Waals surface area contributed by atoms with Crippen LogP contribution in [0.1, 0.15) is 13.8 Å². The van der Waals surface area contributed by atoms with Crippen LogP contribution in [0.4, 0.5) is 0 Å². The summed E-state index contributed by atoms with van der Waals surface area (Å²) < 4.78 is 12.5. The number of aromatic nitrogens is 1. The first-order chi connectivity index (χ1) is 9.11. The van der Waals surface area contributed by atoms with E-state index in [1.807, 2.05) is 48.9 Å². The lowest BCUT2D eigenvalue weighted by Crippen LogP contribution is -2.14. The average molecular weight is 261 g/mol. The van der Waals surface area contributed by atoms with Crippen molar-refractivity contribution >= 4 is 16.7 Å². The van der Waals surface area contributed by atoms with Crippen LogP contribution in [-0.4, -0.2) is 30.2 Å². The van der Waals surface area contributed by atoms with Crippen molar-refractivity contribution in [1.29, 1.82) is 0 Å². The van der Waals surface area contributed by atoms with Gasteiger partial charge in [-0.2, -0.15) is 0 Å². The Hall–Kier alpha value is -1.81. The minimum atomic E-state index is 0.0511. The Kier molecular flexibility index (Phi) is 4.22. The quantitative estimate of drug-likeness (QED) is 0.802. The molecule has 1 heterocycles. The number of benzene rings is 1. The van der Waals surface area contributed by atoms with Crippen LogP contribution in [0.15, 0.2) is 30.5 Å². The van der Waals surface area contributed by atoms with E-state index in [4.69, 9.17) is 9.47 Å². The first-order valence-corrected chi connectivity index (χ1v) is 6.37. The van der Waals surface area contributed by atoms with E-state index in [0.717, 1.165) is 16.7 Å². The van der Waals surface area contributed by atoms with Gasteiger partial charge < -0.3 is 14.0 Å². The molecule has 2 aromatic rings. The Bertz CT molecular complexity index is 572. The molecule has 0 radical (unpaired) electrons. The van der Waals surface area contributed by atoms with Crippen LogP contribution in [0.3, 0.4) is 0 Å². The number of carbonyl (C=O) groups excluding carboxylic acids is 1. The van der Waals surface area contributed by atoms with Gasteiger partial charge in [-0.3, -0.25) is 4.79 Å². The fourth-order valence-electron chi connectivity index (χ4n) is 2.09. The third kappa shape index (κ3) is 3.15. The molecule has 0 amide bonds. The number of ether oxygens (including phenoxy) is 2. The summed E-state index contributed by atoms with van der Waals surface area (Å²) in [7, 11) is 1.53. The summed E-state index contributed by atoms with van der Waals surface area (Å²) in [6.45, 7) is 4.46. The predicted octanol–water partition coefficient (Wildman–Crippen LogP) is 2.64. The Morgan fingerprint density at radius 3 is 2.79 bits per heavy atom. The number of ketones is 1. The zero-order valence-electron chi connectivity index (χ0n) is 11.6. The maximum absolute atomic E-state index is 11.6. The molecule has 0 spiro atoms. The van der Waals surface area contributed by atoms with Gasteiger partial charge in [0.1, 0.15) is 12.4 Å². The third-order valence-electron chi connectivity index (χ3n) is 2.79. The number of hydrogen-bond donors (Lipinski definition) is 0. The summed E-state index contributed by atoms with van der Waals surface area (Å²) >= 11 is 0. The summed E-state index contributed by atoms with van der Waals surface area (Å²) in [6.07, 6.45) is 2.04. The van der Waals surface area contributed by atoms with Gasteiger partial charge in [0.2, 0.25) is 0 Å². The molecule has 0 bridgehead atoms. The molecule has 1 aromatic heterocycles. The van der Waals surface area contributed by atoms with E-state index < -0.39 is 0 Å². The van der Waals surface area contributed by atoms with Gasteiger partial charge in [0.15, 0.2) is 5.78 Å². The molecule has 0 fully saturated rings. The molecule has 0 saturated heterocycles. The van der Waals surface area contributed by atoms with E-state index in [-0.39, 0.29) is 18.5 Å². The maximum Gasteiger partial charge on any atom is 0.178 e. The van der Waals surface area contributed by atoms with Crippen LogP contribution < -0.4 is 4.74 Å². The van der Waals surface area contributed by atoms with E-state index >= 15 is 0 Å². The summed E-state index contributed by atoms with van der Waals surface area (Å²) in [5.41, 5.74) is 1.00. The summed E-state index contributed by atoms with van der Waals surface area (Å²) in [6, 6.07) is 7.86. The van der Waals surface area contributed by atoms with Crippen LogP contribution in [0, 0.1) is 0 Å². The molecular formula is C15H19NO3. The molecule has 0 aliphatic rings. The number of rotatable bonds is 6. The molecule has 0 atom stereocenters. The van der Waals surface area contributed by atoms with Crippen LogP contribution in [0.25, 0.3) is 10.9 Å². The van der Waals surface area contributed by atoms with Crippen molar-refractivity contribution in [2.75, 3.05) is 13.7 Å². The summed E-state index contributed by atoms with van der Waals surface area (Å²) in [4.78, 5) is 11.6. The lowest BCUT2D eigenvalue weighted by Gasteiger charge is -2.11. The smallest absolute Gasteiger partial charge is 0.178 e. The summed E-state index contributed by atoms with van der Waals surface area (Å²) in [5.74, 6) is 0.903. The third-order valence-corrected chi connectivity index (χ3v) is 2.79. The largest absolute Gasteiger partial charge is 0.490 e. The Morgan fingerprint density at radius 1 is 1.32 bits per heavy atom. The highest BCUT2D eigenvalue weighted by Gasteiger charge is 2.10. The van der Waals surface area contributed by atoms with Crippen molar-refractivity contribution < 1.29 is 14.3 Å². The fraction of sp³-hybridized carbons (Fsp3) is 0.400. The molecule has 0 unspecified atom stereocenters. The number of fused-ring (bicyclic) bond motifs is 1. The predicted molar refractivity (Wildman–Crippen MR) is 74.6 cm³/mol. The molecule has 1 aromatic carbocycles. The summed E-state index contributed by atoms with van der Waals surface area (Å²) in [5, 5.41) is 1.03. The molecule has 0 aliphatic carbocycles. The Balaban J connectivity index is 2.30. The molecule has 2 rings (SSSR count). The minimum absolute atomic E-state index is 0.0511. The molecule has 102 valence electrons. The van der Waals surface area contributed by atoms with E-state index in [1.54, 1.807) is 0 Å². The van der Waals surface area contributed by atoms with E-state index in [9.17, 15) is 4.79 Å². The monoisotopic (exact) mass is 261 g/mol. The van der Waals surface area contributed by atoms with Gasteiger partial charge in [-0.1, -0.05) is 6.07 Å². The first-order valence-electron chi connectivity index (χ1n) is 6.37. The van der Waals surface area contributed by atoms with Gasteiger partial charge in [-0.15, -0.1) is 0 Å². The van der Waals surface area contributed by atoms with Crippen molar-refractivity contribution in [3.63, 3.8) is 0 Å². The lowest BCUT2D eigenvalue weighted by atomic mass is 10.2. The molecular weight excluding hydrogens is 242 g/mol. The molecule has 4 nitrogen and oxygen atoms in total. The molecule has 19 heavy (non-hydrogen) atoms. The van der Waals surface area contributed by atoms with Crippen molar-refractivity contribution in [3.05, 3.63) is 30.5 Å². The highest BCUT2D eigenvalue weighted by molar-refractivity contribution is 5.88. The Labute approximate surface area is 112 Å². The lowest BCUT2D eigenvalue weighted by molar-refractivity contribution is -0.123. The topological polar surface area (TPSA) is 40.5 Å². The Morgan fingerprint density at radius 2 is 2.11 bits per heavy atom. The molecule has 4 heteroatoms. The van der Waals surface area contributed by atoms with Gasteiger partial charge in [-0.25, -0.2) is 0 Å². The van der Waals surface area contributed by atoms with Crippen LogP contribution in [0.2, 0.25) is 0 Å².